The Balaban J connectivity index is -0.000000208. The Hall–Kier alpha value is -2.09. The molecule has 0 amide bonds. The van der Waals surface area contributed by atoms with Gasteiger partial charge in [-0.1, -0.05) is 27.7 Å². The molecular weight excluding hydrogens is 672 g/mol. The molecule has 2 saturated heterocycles. The van der Waals surface area contributed by atoms with Crippen LogP contribution in [-0.4, -0.2) is 78.0 Å². The van der Waals surface area contributed by atoms with Crippen molar-refractivity contribution in [1.29, 1.82) is 0 Å². The molecule has 0 saturated carbocycles. The van der Waals surface area contributed by atoms with Gasteiger partial charge < -0.3 is 28.4 Å². The Morgan fingerprint density at radius 1 is 0.667 bits per heavy atom. The number of benzene rings is 2. The first-order valence-corrected chi connectivity index (χ1v) is 12.6. The molecule has 0 N–H and O–H groups in total. The van der Waals surface area contributed by atoms with Gasteiger partial charge in [0, 0.05) is 35.2 Å². The fourth-order valence-electron chi connectivity index (χ4n) is 2.63. The third-order valence-electron chi connectivity index (χ3n) is 4.08. The summed E-state index contributed by atoms with van der Waals surface area (Å²) < 4.78 is 29.6. The Bertz CT molecular complexity index is 649. The van der Waals surface area contributed by atoms with E-state index in [4.69, 9.17) is 18.9 Å². The number of carbonyl (C=O) groups is 2. The summed E-state index contributed by atoms with van der Waals surface area (Å²) in [6.07, 6.45) is -0.577. The zero-order valence-corrected chi connectivity index (χ0v) is 28.1. The van der Waals surface area contributed by atoms with Crippen molar-refractivity contribution in [2.75, 3.05) is 41.7 Å². The fourth-order valence-corrected chi connectivity index (χ4v) is 2.63. The number of esters is 2. The van der Waals surface area contributed by atoms with Gasteiger partial charge in [0.05, 0.1) is 20.3 Å². The molecule has 4 unspecified atom stereocenters. The SMILES string of the molecule is CC.CC.COC.COC(C)=O.COC1COC2C(OC(C)=O)COC12.[W+2].[c-]1ccccc1.[c-]1ccccc1. The number of methoxy groups -OCH3 is 3. The van der Waals surface area contributed by atoms with Gasteiger partial charge in [-0.15, -0.1) is 0 Å². The van der Waals surface area contributed by atoms with Gasteiger partial charge in [-0.05, 0) is 0 Å². The van der Waals surface area contributed by atoms with Crippen LogP contribution in [0, 0.1) is 12.1 Å². The molecule has 2 heterocycles. The van der Waals surface area contributed by atoms with Crippen molar-refractivity contribution in [3.8, 4) is 0 Å². The molecule has 39 heavy (non-hydrogen) atoms. The number of carbonyl (C=O) groups excluding carboxylic acids is 2. The molecule has 2 aliphatic rings. The van der Waals surface area contributed by atoms with Gasteiger partial charge in [0.1, 0.15) is 18.3 Å². The van der Waals surface area contributed by atoms with Crippen molar-refractivity contribution < 1.29 is 59.1 Å². The number of hydrogen-bond acceptors (Lipinski definition) is 8. The van der Waals surface area contributed by atoms with Crippen LogP contribution in [0.15, 0.2) is 60.7 Å². The van der Waals surface area contributed by atoms with Crippen LogP contribution in [0.2, 0.25) is 0 Å². The molecule has 0 radical (unpaired) electrons. The summed E-state index contributed by atoms with van der Waals surface area (Å²) in [6, 6.07) is 25.0. The summed E-state index contributed by atoms with van der Waals surface area (Å²) in [4.78, 5) is 20.4. The third-order valence-corrected chi connectivity index (χ3v) is 4.08. The minimum Gasteiger partial charge on any atom is -0.469 e. The average Bonchev–Trinajstić information content (AvgIpc) is 3.57. The van der Waals surface area contributed by atoms with Gasteiger partial charge >= 0.3 is 33.0 Å². The normalized spacial score (nSPS) is 18.8. The van der Waals surface area contributed by atoms with E-state index < -0.39 is 0 Å². The van der Waals surface area contributed by atoms with Crippen molar-refractivity contribution in [2.45, 2.75) is 66.0 Å². The predicted octanol–water partition coefficient (Wildman–Crippen LogP) is 5.20. The van der Waals surface area contributed by atoms with Crippen molar-refractivity contribution in [2.24, 2.45) is 0 Å². The quantitative estimate of drug-likeness (QED) is 0.310. The first-order chi connectivity index (χ1) is 18.4. The largest absolute Gasteiger partial charge is 2.00 e. The van der Waals surface area contributed by atoms with Crippen LogP contribution >= 0.6 is 0 Å². The standard InChI is InChI=1S/C9H14O5.2C6H5.C3H6O2.C2H6O.2C2H6.W/c1-5(10)14-7-4-13-8-6(11-2)3-12-9(7)8;2*1-2-4-6-5-3-1;1-3(4)5-2;1-3-2;2*1-2;/h6-9H,3-4H2,1-2H3;2*1-5H;1-2H3;1-2H3;2*1-2H3;/q;2*-1;;;;;+2. The van der Waals surface area contributed by atoms with E-state index in [1.165, 1.54) is 21.0 Å². The molecule has 2 fully saturated rings. The third kappa shape index (κ3) is 25.9. The maximum Gasteiger partial charge on any atom is 2.00 e. The minimum atomic E-state index is -0.302. The Morgan fingerprint density at radius 2 is 1.00 bits per heavy atom. The molecule has 2 aromatic rings. The molecule has 2 aromatic carbocycles. The number of ether oxygens (including phenoxy) is 6. The smallest absolute Gasteiger partial charge is 0.469 e. The molecule has 4 atom stereocenters. The number of hydrogen-bond donors (Lipinski definition) is 0. The van der Waals surface area contributed by atoms with Gasteiger partial charge in [0.15, 0.2) is 6.10 Å². The Kier molecular flexibility index (Phi) is 38.2. The van der Waals surface area contributed by atoms with Crippen LogP contribution in [0.3, 0.4) is 0 Å². The number of fused-ring (bicyclic) bond motifs is 1. The number of rotatable bonds is 2. The van der Waals surface area contributed by atoms with Crippen LogP contribution in [0.4, 0.5) is 0 Å². The van der Waals surface area contributed by atoms with E-state index in [0.717, 1.165) is 0 Å². The summed E-state index contributed by atoms with van der Waals surface area (Å²) in [5, 5.41) is 0. The van der Waals surface area contributed by atoms with Crippen LogP contribution in [-0.2, 0) is 59.1 Å². The summed E-state index contributed by atoms with van der Waals surface area (Å²) >= 11 is 0. The van der Waals surface area contributed by atoms with E-state index in [0.29, 0.717) is 13.2 Å². The van der Waals surface area contributed by atoms with Crippen molar-refractivity contribution in [3.63, 3.8) is 0 Å². The van der Waals surface area contributed by atoms with Gasteiger partial charge in [-0.3, -0.25) is 9.59 Å². The molecule has 0 bridgehead atoms. The maximum atomic E-state index is 10.8. The predicted molar refractivity (Wildman–Crippen MR) is 150 cm³/mol. The van der Waals surface area contributed by atoms with E-state index in [-0.39, 0.29) is 57.4 Å². The zero-order valence-electron chi connectivity index (χ0n) is 25.2. The van der Waals surface area contributed by atoms with E-state index in [1.807, 2.05) is 88.4 Å². The first-order valence-electron chi connectivity index (χ1n) is 12.6. The van der Waals surface area contributed by atoms with Gasteiger partial charge in [0.2, 0.25) is 0 Å². The average molecular weight is 721 g/mol. The van der Waals surface area contributed by atoms with E-state index >= 15 is 0 Å². The fraction of sp³-hybridized carbons (Fsp3) is 0.533. The van der Waals surface area contributed by atoms with Crippen molar-refractivity contribution >= 4 is 11.9 Å². The first kappa shape index (κ1) is 43.9. The summed E-state index contributed by atoms with van der Waals surface area (Å²) in [5.41, 5.74) is 0. The Morgan fingerprint density at radius 3 is 1.23 bits per heavy atom. The molecule has 9 heteroatoms. The topological polar surface area (TPSA) is 89.5 Å². The minimum absolute atomic E-state index is 0. The van der Waals surface area contributed by atoms with Crippen molar-refractivity contribution in [1.82, 2.24) is 0 Å². The van der Waals surface area contributed by atoms with Crippen LogP contribution in [0.25, 0.3) is 0 Å². The van der Waals surface area contributed by atoms with Crippen LogP contribution < -0.4 is 0 Å². The molecule has 4 rings (SSSR count). The van der Waals surface area contributed by atoms with E-state index in [9.17, 15) is 9.59 Å². The molecule has 2 aliphatic heterocycles. The van der Waals surface area contributed by atoms with Crippen LogP contribution in [0.1, 0.15) is 41.5 Å². The van der Waals surface area contributed by atoms with Gasteiger partial charge in [-0.25, -0.2) is 0 Å². The van der Waals surface area contributed by atoms with Crippen molar-refractivity contribution in [3.05, 3.63) is 72.8 Å². The second-order valence-electron chi connectivity index (χ2n) is 6.78. The summed E-state index contributed by atoms with van der Waals surface area (Å²) in [5.74, 6) is -0.547. The van der Waals surface area contributed by atoms with Gasteiger partial charge in [0.25, 0.3) is 0 Å². The molecule has 0 spiro atoms. The molecule has 0 aliphatic carbocycles. The Labute approximate surface area is 250 Å². The maximum absolute atomic E-state index is 10.8. The zero-order chi connectivity index (χ0) is 29.6. The molecular formula is C30H48O8W. The van der Waals surface area contributed by atoms with E-state index in [1.54, 1.807) is 21.3 Å². The summed E-state index contributed by atoms with van der Waals surface area (Å²) in [7, 11) is 6.22. The molecule has 8 nitrogen and oxygen atoms in total. The monoisotopic (exact) mass is 720 g/mol. The van der Waals surface area contributed by atoms with E-state index in [2.05, 4.69) is 21.6 Å². The summed E-state index contributed by atoms with van der Waals surface area (Å²) in [6.45, 7) is 11.6. The molecule has 0 aromatic heterocycles. The second kappa shape index (κ2) is 33.9. The van der Waals surface area contributed by atoms with Gasteiger partial charge in [-0.2, -0.15) is 72.8 Å². The molecule has 222 valence electrons. The second-order valence-corrected chi connectivity index (χ2v) is 6.78. The van der Waals surface area contributed by atoms with Crippen LogP contribution in [0.5, 0.6) is 0 Å².